The molecule has 0 spiro atoms. The minimum absolute atomic E-state index is 0.322. The van der Waals surface area contributed by atoms with E-state index in [1.54, 1.807) is 0 Å². The molecule has 2 aliphatic rings. The summed E-state index contributed by atoms with van der Waals surface area (Å²) in [5.41, 5.74) is 0. The number of hydrogen-bond acceptors (Lipinski definition) is 3. The first-order valence-electron chi connectivity index (χ1n) is 7.20. The van der Waals surface area contributed by atoms with Crippen molar-refractivity contribution < 1.29 is 9.90 Å². The lowest BCUT2D eigenvalue weighted by atomic mass is 9.88. The van der Waals surface area contributed by atoms with Gasteiger partial charge in [-0.3, -0.25) is 4.79 Å². The number of carboxylic acids is 1. The Hall–Kier alpha value is -1.52. The average Bonchev–Trinajstić information content (AvgIpc) is 2.90. The van der Waals surface area contributed by atoms with Crippen LogP contribution in [0.5, 0.6) is 0 Å². The highest BCUT2D eigenvalue weighted by Gasteiger charge is 2.42. The molecule has 19 heavy (non-hydrogen) atoms. The maximum Gasteiger partial charge on any atom is 0.303 e. The van der Waals surface area contributed by atoms with E-state index < -0.39 is 5.97 Å². The van der Waals surface area contributed by atoms with Crippen LogP contribution in [0.3, 0.4) is 0 Å². The molecule has 0 amide bonds. The Balaban J connectivity index is 1.78. The summed E-state index contributed by atoms with van der Waals surface area (Å²) in [5, 5.41) is 8.96. The van der Waals surface area contributed by atoms with E-state index in [2.05, 4.69) is 21.4 Å². The van der Waals surface area contributed by atoms with E-state index in [0.29, 0.717) is 24.4 Å². The molecule has 0 aromatic carbocycles. The highest BCUT2D eigenvalue weighted by Crippen LogP contribution is 2.42. The van der Waals surface area contributed by atoms with E-state index in [1.165, 1.54) is 12.8 Å². The lowest BCUT2D eigenvalue weighted by Crippen LogP contribution is -2.44. The molecule has 0 aliphatic carbocycles. The summed E-state index contributed by atoms with van der Waals surface area (Å²) in [6.07, 6.45) is 8.57. The smallest absolute Gasteiger partial charge is 0.303 e. The molecule has 1 aromatic heterocycles. The van der Waals surface area contributed by atoms with E-state index in [0.717, 1.165) is 25.3 Å². The van der Waals surface area contributed by atoms with Gasteiger partial charge in [0.05, 0.1) is 0 Å². The lowest BCUT2D eigenvalue weighted by molar-refractivity contribution is -0.138. The van der Waals surface area contributed by atoms with Crippen LogP contribution in [0.25, 0.3) is 0 Å². The molecule has 5 nitrogen and oxygen atoms in total. The third kappa shape index (κ3) is 2.22. The standard InChI is InChI=1S/C14H21N3O2/c1-2-16-6-5-15-14(16)17-11-3-4-12(17)8-10(7-11)9-13(18)19/h5-6,10-12H,2-4,7-9H2,1H3,(H,18,19). The van der Waals surface area contributed by atoms with Gasteiger partial charge in [0.25, 0.3) is 0 Å². The lowest BCUT2D eigenvalue weighted by Gasteiger charge is -2.39. The largest absolute Gasteiger partial charge is 0.481 e. The fourth-order valence-electron chi connectivity index (χ4n) is 3.81. The molecule has 0 saturated carbocycles. The molecular formula is C14H21N3O2. The second kappa shape index (κ2) is 4.87. The predicted octanol–water partition coefficient (Wildman–Crippen LogP) is 2.13. The molecular weight excluding hydrogens is 242 g/mol. The van der Waals surface area contributed by atoms with Crippen molar-refractivity contribution in [1.29, 1.82) is 0 Å². The number of aliphatic carboxylic acids is 1. The Kier molecular flexibility index (Phi) is 3.21. The minimum atomic E-state index is -0.659. The van der Waals surface area contributed by atoms with E-state index in [1.807, 2.05) is 12.4 Å². The van der Waals surface area contributed by atoms with Crippen molar-refractivity contribution in [2.45, 2.75) is 57.7 Å². The van der Waals surface area contributed by atoms with Gasteiger partial charge in [0, 0.05) is 37.4 Å². The summed E-state index contributed by atoms with van der Waals surface area (Å²) in [4.78, 5) is 17.8. The number of piperidine rings is 1. The normalized spacial score (nSPS) is 29.7. The summed E-state index contributed by atoms with van der Waals surface area (Å²) < 4.78 is 2.18. The Morgan fingerprint density at radius 1 is 1.42 bits per heavy atom. The van der Waals surface area contributed by atoms with Crippen LogP contribution in [-0.2, 0) is 11.3 Å². The third-order valence-corrected chi connectivity index (χ3v) is 4.56. The number of fused-ring (bicyclic) bond motifs is 2. The summed E-state index contributed by atoms with van der Waals surface area (Å²) in [6.45, 7) is 3.06. The zero-order valence-electron chi connectivity index (χ0n) is 11.3. The van der Waals surface area contributed by atoms with Crippen LogP contribution in [0.4, 0.5) is 5.95 Å². The molecule has 2 fully saturated rings. The van der Waals surface area contributed by atoms with Crippen molar-refractivity contribution in [2.24, 2.45) is 5.92 Å². The van der Waals surface area contributed by atoms with Crippen LogP contribution in [0.1, 0.15) is 39.0 Å². The zero-order valence-corrected chi connectivity index (χ0v) is 11.3. The van der Waals surface area contributed by atoms with E-state index >= 15 is 0 Å². The molecule has 0 radical (unpaired) electrons. The second-order valence-corrected chi connectivity index (χ2v) is 5.74. The van der Waals surface area contributed by atoms with Crippen LogP contribution in [0.2, 0.25) is 0 Å². The van der Waals surface area contributed by atoms with Crippen LogP contribution < -0.4 is 4.90 Å². The summed E-state index contributed by atoms with van der Waals surface area (Å²) >= 11 is 0. The summed E-state index contributed by atoms with van der Waals surface area (Å²) in [5.74, 6) is 0.757. The van der Waals surface area contributed by atoms with Crippen LogP contribution in [0.15, 0.2) is 12.4 Å². The maximum absolute atomic E-state index is 10.9. The molecule has 2 aliphatic heterocycles. The van der Waals surface area contributed by atoms with Gasteiger partial charge in [0.1, 0.15) is 0 Å². The molecule has 1 aromatic rings. The molecule has 2 unspecified atom stereocenters. The molecule has 3 heterocycles. The Labute approximate surface area is 113 Å². The molecule has 5 heteroatoms. The van der Waals surface area contributed by atoms with Crippen molar-refractivity contribution >= 4 is 11.9 Å². The zero-order chi connectivity index (χ0) is 13.4. The van der Waals surface area contributed by atoms with Gasteiger partial charge in [-0.15, -0.1) is 0 Å². The van der Waals surface area contributed by atoms with Crippen molar-refractivity contribution in [3.05, 3.63) is 12.4 Å². The van der Waals surface area contributed by atoms with Gasteiger partial charge in [0.2, 0.25) is 5.95 Å². The number of imidazole rings is 1. The van der Waals surface area contributed by atoms with Crippen molar-refractivity contribution in [3.8, 4) is 0 Å². The van der Waals surface area contributed by atoms with Crippen LogP contribution in [0, 0.1) is 5.92 Å². The number of hydrogen-bond donors (Lipinski definition) is 1. The monoisotopic (exact) mass is 263 g/mol. The molecule has 104 valence electrons. The molecule has 2 atom stereocenters. The molecule has 1 N–H and O–H groups in total. The number of carbonyl (C=O) groups is 1. The van der Waals surface area contributed by atoms with Crippen LogP contribution in [-0.4, -0.2) is 32.7 Å². The molecule has 2 bridgehead atoms. The first-order valence-corrected chi connectivity index (χ1v) is 7.20. The quantitative estimate of drug-likeness (QED) is 0.904. The minimum Gasteiger partial charge on any atom is -0.481 e. The fourth-order valence-corrected chi connectivity index (χ4v) is 3.81. The predicted molar refractivity (Wildman–Crippen MR) is 72.2 cm³/mol. The molecule has 2 saturated heterocycles. The topological polar surface area (TPSA) is 58.4 Å². The van der Waals surface area contributed by atoms with Crippen molar-refractivity contribution in [1.82, 2.24) is 9.55 Å². The third-order valence-electron chi connectivity index (χ3n) is 4.56. The summed E-state index contributed by atoms with van der Waals surface area (Å²) in [7, 11) is 0. The fraction of sp³-hybridized carbons (Fsp3) is 0.714. The highest BCUT2D eigenvalue weighted by atomic mass is 16.4. The average molecular weight is 263 g/mol. The highest BCUT2D eigenvalue weighted by molar-refractivity contribution is 5.67. The van der Waals surface area contributed by atoms with Gasteiger partial charge >= 0.3 is 5.97 Å². The van der Waals surface area contributed by atoms with E-state index in [9.17, 15) is 4.79 Å². The number of aryl methyl sites for hydroxylation is 1. The van der Waals surface area contributed by atoms with Gasteiger partial charge in [-0.2, -0.15) is 0 Å². The van der Waals surface area contributed by atoms with Crippen LogP contribution >= 0.6 is 0 Å². The number of carboxylic acid groups (broad SMARTS) is 1. The van der Waals surface area contributed by atoms with Gasteiger partial charge in [0.15, 0.2) is 0 Å². The number of anilines is 1. The van der Waals surface area contributed by atoms with Crippen molar-refractivity contribution in [3.63, 3.8) is 0 Å². The van der Waals surface area contributed by atoms with E-state index in [4.69, 9.17) is 5.11 Å². The van der Waals surface area contributed by atoms with Gasteiger partial charge in [-0.25, -0.2) is 4.98 Å². The van der Waals surface area contributed by atoms with Gasteiger partial charge < -0.3 is 14.6 Å². The van der Waals surface area contributed by atoms with E-state index in [-0.39, 0.29) is 0 Å². The first-order chi connectivity index (χ1) is 9.19. The SMILES string of the molecule is CCn1ccnc1N1C2CCC1CC(CC(=O)O)C2. The number of rotatable bonds is 4. The van der Waals surface area contributed by atoms with Gasteiger partial charge in [-0.05, 0) is 38.5 Å². The van der Waals surface area contributed by atoms with Gasteiger partial charge in [-0.1, -0.05) is 0 Å². The maximum atomic E-state index is 10.9. The summed E-state index contributed by atoms with van der Waals surface area (Å²) in [6, 6.07) is 0.964. The second-order valence-electron chi connectivity index (χ2n) is 5.74. The Morgan fingerprint density at radius 2 is 2.11 bits per heavy atom. The number of nitrogens with zero attached hydrogens (tertiary/aromatic N) is 3. The Bertz CT molecular complexity index is 457. The first kappa shape index (κ1) is 12.5. The Morgan fingerprint density at radius 3 is 2.68 bits per heavy atom. The van der Waals surface area contributed by atoms with Crippen molar-refractivity contribution in [2.75, 3.05) is 4.90 Å². The number of aromatic nitrogens is 2. The molecule has 3 rings (SSSR count).